The number of pyridine rings is 1. The number of aliphatic hydroxyl groups is 1. The summed E-state index contributed by atoms with van der Waals surface area (Å²) < 4.78 is 44.7. The molecule has 5 rings (SSSR count). The van der Waals surface area contributed by atoms with Crippen LogP contribution in [0.5, 0.6) is 11.5 Å². The molecule has 0 saturated carbocycles. The summed E-state index contributed by atoms with van der Waals surface area (Å²) in [5.41, 5.74) is 1.78. The molecule has 3 N–H and O–H groups in total. The number of aryl methyl sites for hydroxylation is 3. The molecule has 4 aromatic rings. The SMILES string of the molecule is Cc1cc(F)cc(C)c1Oc1ccc(C(C)(C)O)cc1-c1cn(C)c(=O)c2cc(C(=O)NC3CS(=O)(=O)C3)[nH]c12. The summed E-state index contributed by atoms with van der Waals surface area (Å²) in [4.78, 5) is 29.0. The van der Waals surface area contributed by atoms with E-state index in [1.54, 1.807) is 59.1 Å². The van der Waals surface area contributed by atoms with E-state index in [2.05, 4.69) is 10.3 Å². The Labute approximate surface area is 230 Å². The van der Waals surface area contributed by atoms with Gasteiger partial charge in [0, 0.05) is 24.4 Å². The maximum atomic E-state index is 14.0. The number of nitrogens with zero attached hydrogens (tertiary/aromatic N) is 1. The van der Waals surface area contributed by atoms with Crippen molar-refractivity contribution in [3.8, 4) is 22.6 Å². The van der Waals surface area contributed by atoms with Crippen molar-refractivity contribution in [1.82, 2.24) is 14.9 Å². The number of fused-ring (bicyclic) bond motifs is 1. The minimum absolute atomic E-state index is 0.107. The lowest BCUT2D eigenvalue weighted by atomic mass is 9.93. The predicted molar refractivity (Wildman–Crippen MR) is 150 cm³/mol. The fraction of sp³-hybridized carbons (Fsp3) is 0.310. The highest BCUT2D eigenvalue weighted by atomic mass is 32.2. The van der Waals surface area contributed by atoms with Gasteiger partial charge in [0.15, 0.2) is 9.84 Å². The van der Waals surface area contributed by atoms with E-state index in [9.17, 15) is 27.5 Å². The van der Waals surface area contributed by atoms with Gasteiger partial charge in [0.2, 0.25) is 0 Å². The second-order valence-corrected chi connectivity index (χ2v) is 13.1. The number of carbonyl (C=O) groups is 1. The maximum Gasteiger partial charge on any atom is 0.268 e. The summed E-state index contributed by atoms with van der Waals surface area (Å²) in [5, 5.41) is 13.7. The first-order chi connectivity index (χ1) is 18.6. The van der Waals surface area contributed by atoms with Crippen LogP contribution >= 0.6 is 0 Å². The van der Waals surface area contributed by atoms with Crippen LogP contribution in [0.1, 0.15) is 41.0 Å². The van der Waals surface area contributed by atoms with Crippen LogP contribution in [-0.2, 0) is 22.5 Å². The molecule has 40 heavy (non-hydrogen) atoms. The maximum absolute atomic E-state index is 14.0. The van der Waals surface area contributed by atoms with Crippen molar-refractivity contribution < 1.29 is 27.4 Å². The van der Waals surface area contributed by atoms with Gasteiger partial charge in [-0.15, -0.1) is 0 Å². The third kappa shape index (κ3) is 5.14. The van der Waals surface area contributed by atoms with Gasteiger partial charge >= 0.3 is 0 Å². The van der Waals surface area contributed by atoms with Crippen LogP contribution in [0.2, 0.25) is 0 Å². The standard InChI is InChI=1S/C29H30FN3O6S/c1-15-8-18(30)9-16(2)26(15)39-24-7-6-17(29(3,4)36)10-20(24)22-12-33(5)28(35)21-11-23(32-25(21)22)27(34)31-19-13-40(37,38)14-19/h6-12,19,32,36H,13-14H2,1-5H3,(H,31,34). The van der Waals surface area contributed by atoms with E-state index in [1.165, 1.54) is 22.8 Å². The third-order valence-electron chi connectivity index (χ3n) is 7.06. The molecule has 1 saturated heterocycles. The summed E-state index contributed by atoms with van der Waals surface area (Å²) in [6, 6.07) is 8.89. The molecular formula is C29H30FN3O6S. The molecule has 1 aliphatic heterocycles. The number of H-pyrrole nitrogens is 1. The number of aromatic amines is 1. The highest BCUT2D eigenvalue weighted by Crippen LogP contribution is 2.40. The molecule has 3 heterocycles. The van der Waals surface area contributed by atoms with E-state index >= 15 is 0 Å². The Kier molecular flexibility index (Phi) is 6.62. The normalized spacial score (nSPS) is 15.2. The lowest BCUT2D eigenvalue weighted by molar-refractivity contribution is 0.0786. The number of halogens is 1. The van der Waals surface area contributed by atoms with Crippen molar-refractivity contribution >= 4 is 26.6 Å². The molecule has 2 aromatic carbocycles. The zero-order valence-electron chi connectivity index (χ0n) is 22.8. The van der Waals surface area contributed by atoms with Crippen molar-refractivity contribution in [2.75, 3.05) is 11.5 Å². The molecule has 0 aliphatic carbocycles. The van der Waals surface area contributed by atoms with Crippen LogP contribution in [0.3, 0.4) is 0 Å². The van der Waals surface area contributed by atoms with E-state index in [4.69, 9.17) is 4.74 Å². The molecule has 0 bridgehead atoms. The number of ether oxygens (including phenoxy) is 1. The first kappa shape index (κ1) is 27.6. The van der Waals surface area contributed by atoms with Gasteiger partial charge < -0.3 is 24.7 Å². The van der Waals surface area contributed by atoms with Crippen molar-refractivity contribution in [3.05, 3.63) is 81.2 Å². The molecule has 0 atom stereocenters. The number of benzene rings is 2. The van der Waals surface area contributed by atoms with Crippen molar-refractivity contribution in [2.45, 2.75) is 39.3 Å². The summed E-state index contributed by atoms with van der Waals surface area (Å²) in [5.74, 6) is -0.287. The topological polar surface area (TPSA) is 130 Å². The van der Waals surface area contributed by atoms with E-state index in [0.29, 0.717) is 44.8 Å². The molecular weight excluding hydrogens is 537 g/mol. The number of hydrogen-bond acceptors (Lipinski definition) is 6. The average Bonchev–Trinajstić information content (AvgIpc) is 3.28. The highest BCUT2D eigenvalue weighted by molar-refractivity contribution is 7.92. The van der Waals surface area contributed by atoms with Gasteiger partial charge in [0.1, 0.15) is 23.0 Å². The molecule has 9 nitrogen and oxygen atoms in total. The third-order valence-corrected chi connectivity index (χ3v) is 8.88. The Bertz CT molecular complexity index is 1820. The number of carbonyl (C=O) groups excluding carboxylic acids is 1. The molecule has 2 aromatic heterocycles. The van der Waals surface area contributed by atoms with E-state index in [0.717, 1.165) is 0 Å². The monoisotopic (exact) mass is 567 g/mol. The number of nitrogens with one attached hydrogen (secondary N) is 2. The molecule has 1 amide bonds. The van der Waals surface area contributed by atoms with Gasteiger partial charge in [-0.3, -0.25) is 9.59 Å². The summed E-state index contributed by atoms with van der Waals surface area (Å²) >= 11 is 0. The fourth-order valence-corrected chi connectivity index (χ4v) is 6.25. The van der Waals surface area contributed by atoms with Gasteiger partial charge in [-0.05, 0) is 74.7 Å². The van der Waals surface area contributed by atoms with Crippen molar-refractivity contribution in [3.63, 3.8) is 0 Å². The quantitative estimate of drug-likeness (QED) is 0.325. The van der Waals surface area contributed by atoms with Crippen molar-refractivity contribution in [2.24, 2.45) is 7.05 Å². The van der Waals surface area contributed by atoms with Gasteiger partial charge in [-0.25, -0.2) is 12.8 Å². The lowest BCUT2D eigenvalue weighted by Gasteiger charge is -2.26. The zero-order chi connectivity index (χ0) is 29.1. The van der Waals surface area contributed by atoms with Gasteiger partial charge in [0.05, 0.1) is 34.1 Å². The number of hydrogen-bond donors (Lipinski definition) is 3. The molecule has 1 aliphatic rings. The predicted octanol–water partition coefficient (Wildman–Crippen LogP) is 3.84. The second kappa shape index (κ2) is 9.60. The number of aromatic nitrogens is 2. The molecule has 0 spiro atoms. The number of amides is 1. The van der Waals surface area contributed by atoms with Gasteiger partial charge in [-0.1, -0.05) is 6.07 Å². The molecule has 11 heteroatoms. The van der Waals surface area contributed by atoms with Crippen LogP contribution in [0.15, 0.2) is 47.4 Å². The Hall–Kier alpha value is -3.96. The highest BCUT2D eigenvalue weighted by Gasteiger charge is 2.35. The first-order valence-electron chi connectivity index (χ1n) is 12.7. The van der Waals surface area contributed by atoms with E-state index < -0.39 is 27.4 Å². The second-order valence-electron chi connectivity index (χ2n) is 10.9. The Morgan fingerprint density at radius 3 is 2.38 bits per heavy atom. The minimum atomic E-state index is -3.13. The Morgan fingerprint density at radius 2 is 1.77 bits per heavy atom. The first-order valence-corrected chi connectivity index (χ1v) is 14.5. The number of rotatable bonds is 6. The molecule has 0 radical (unpaired) electrons. The van der Waals surface area contributed by atoms with Crippen LogP contribution < -0.4 is 15.6 Å². The van der Waals surface area contributed by atoms with Crippen LogP contribution in [0.25, 0.3) is 22.0 Å². The summed E-state index contributed by atoms with van der Waals surface area (Å²) in [6.07, 6.45) is 1.61. The smallest absolute Gasteiger partial charge is 0.268 e. The fourth-order valence-electron chi connectivity index (χ4n) is 4.96. The molecule has 0 unspecified atom stereocenters. The van der Waals surface area contributed by atoms with Crippen molar-refractivity contribution in [1.29, 1.82) is 0 Å². The van der Waals surface area contributed by atoms with Gasteiger partial charge in [0.25, 0.3) is 11.5 Å². The molecule has 210 valence electrons. The minimum Gasteiger partial charge on any atom is -0.456 e. The molecule has 1 fully saturated rings. The van der Waals surface area contributed by atoms with Crippen LogP contribution in [-0.4, -0.2) is 46.5 Å². The lowest BCUT2D eigenvalue weighted by Crippen LogP contribution is -2.53. The Morgan fingerprint density at radius 1 is 1.12 bits per heavy atom. The largest absolute Gasteiger partial charge is 0.456 e. The Balaban J connectivity index is 1.66. The number of sulfone groups is 1. The zero-order valence-corrected chi connectivity index (χ0v) is 23.6. The van der Waals surface area contributed by atoms with E-state index in [1.807, 2.05) is 0 Å². The summed E-state index contributed by atoms with van der Waals surface area (Å²) in [6.45, 7) is 6.78. The van der Waals surface area contributed by atoms with E-state index in [-0.39, 0.29) is 34.0 Å². The van der Waals surface area contributed by atoms with Crippen LogP contribution in [0, 0.1) is 19.7 Å². The average molecular weight is 568 g/mol. The summed E-state index contributed by atoms with van der Waals surface area (Å²) in [7, 11) is -1.54. The van der Waals surface area contributed by atoms with Gasteiger partial charge in [-0.2, -0.15) is 0 Å². The van der Waals surface area contributed by atoms with Crippen LogP contribution in [0.4, 0.5) is 4.39 Å².